The molecule has 0 fully saturated rings. The summed E-state index contributed by atoms with van der Waals surface area (Å²) < 4.78 is 5.94. The van der Waals surface area contributed by atoms with Crippen molar-refractivity contribution < 1.29 is 4.74 Å². The summed E-state index contributed by atoms with van der Waals surface area (Å²) in [5.41, 5.74) is 7.58. The molecule has 1 heteroatoms. The topological polar surface area (TPSA) is 9.23 Å². The van der Waals surface area contributed by atoms with E-state index in [4.69, 9.17) is 4.74 Å². The maximum Gasteiger partial charge on any atom is 0.0727 e. The third kappa shape index (κ3) is 3.88. The molecule has 1 nitrogen and oxygen atoms in total. The van der Waals surface area contributed by atoms with Crippen LogP contribution in [0.3, 0.4) is 0 Å². The molecule has 0 N–H and O–H groups in total. The monoisotopic (exact) mass is 302 g/mol. The molecule has 3 aromatic carbocycles. The molecular weight excluding hydrogens is 280 g/mol. The lowest BCUT2D eigenvalue weighted by Crippen LogP contribution is -1.97. The number of benzene rings is 3. The fraction of sp³-hybridized carbons (Fsp3) is 0.182. The highest BCUT2D eigenvalue weighted by molar-refractivity contribution is 5.71. The van der Waals surface area contributed by atoms with Crippen LogP contribution in [0.2, 0.25) is 0 Å². The van der Waals surface area contributed by atoms with Gasteiger partial charge in [-0.3, -0.25) is 0 Å². The summed E-state index contributed by atoms with van der Waals surface area (Å²) in [4.78, 5) is 0. The molecule has 0 aliphatic heterocycles. The van der Waals surface area contributed by atoms with Crippen LogP contribution in [0.15, 0.2) is 72.8 Å². The van der Waals surface area contributed by atoms with Gasteiger partial charge in [0.15, 0.2) is 0 Å². The minimum atomic E-state index is 0.623. The van der Waals surface area contributed by atoms with Crippen molar-refractivity contribution in [2.24, 2.45) is 0 Å². The fourth-order valence-electron chi connectivity index (χ4n) is 2.79. The Labute approximate surface area is 138 Å². The van der Waals surface area contributed by atoms with E-state index in [0.29, 0.717) is 13.2 Å². The van der Waals surface area contributed by atoms with Crippen LogP contribution in [0.1, 0.15) is 22.3 Å². The molecule has 0 bridgehead atoms. The normalized spacial score (nSPS) is 10.7. The molecule has 0 aliphatic rings. The standard InChI is InChI=1S/C22H22O/c1-17-12-13-18(2)22(14-17)21-11-7-6-10-20(21)16-23-15-19-8-4-3-5-9-19/h3-14H,15-16H2,1-2H3. The van der Waals surface area contributed by atoms with Crippen molar-refractivity contribution in [3.63, 3.8) is 0 Å². The SMILES string of the molecule is Cc1ccc(C)c(-c2ccccc2COCc2ccccc2)c1. The molecule has 0 spiro atoms. The zero-order valence-electron chi connectivity index (χ0n) is 13.8. The van der Waals surface area contributed by atoms with Crippen molar-refractivity contribution in [3.8, 4) is 11.1 Å². The van der Waals surface area contributed by atoms with Crippen LogP contribution in [0, 0.1) is 13.8 Å². The summed E-state index contributed by atoms with van der Waals surface area (Å²) in [5.74, 6) is 0. The fourth-order valence-corrected chi connectivity index (χ4v) is 2.79. The van der Waals surface area contributed by atoms with Gasteiger partial charge in [-0.05, 0) is 41.7 Å². The van der Waals surface area contributed by atoms with E-state index in [0.717, 1.165) is 0 Å². The van der Waals surface area contributed by atoms with Crippen molar-refractivity contribution in [1.82, 2.24) is 0 Å². The summed E-state index contributed by atoms with van der Waals surface area (Å²) in [6, 6.07) is 25.4. The van der Waals surface area contributed by atoms with Crippen LogP contribution in [-0.2, 0) is 18.0 Å². The average Bonchev–Trinajstić information content (AvgIpc) is 2.59. The van der Waals surface area contributed by atoms with Crippen LogP contribution in [0.4, 0.5) is 0 Å². The summed E-state index contributed by atoms with van der Waals surface area (Å²) in [7, 11) is 0. The van der Waals surface area contributed by atoms with E-state index in [1.165, 1.54) is 33.4 Å². The third-order valence-corrected chi connectivity index (χ3v) is 4.07. The second-order valence-corrected chi connectivity index (χ2v) is 5.95. The van der Waals surface area contributed by atoms with E-state index in [1.807, 2.05) is 18.2 Å². The van der Waals surface area contributed by atoms with E-state index in [-0.39, 0.29) is 0 Å². The van der Waals surface area contributed by atoms with Crippen molar-refractivity contribution in [2.45, 2.75) is 27.1 Å². The van der Waals surface area contributed by atoms with Crippen molar-refractivity contribution in [3.05, 3.63) is 95.1 Å². The zero-order chi connectivity index (χ0) is 16.1. The first-order valence-electron chi connectivity index (χ1n) is 8.01. The Kier molecular flexibility index (Phi) is 4.89. The maximum absolute atomic E-state index is 5.94. The van der Waals surface area contributed by atoms with Crippen molar-refractivity contribution in [2.75, 3.05) is 0 Å². The Morgan fingerprint density at radius 1 is 0.696 bits per heavy atom. The van der Waals surface area contributed by atoms with E-state index < -0.39 is 0 Å². The molecule has 0 aliphatic carbocycles. The molecule has 0 radical (unpaired) electrons. The Morgan fingerprint density at radius 3 is 2.26 bits per heavy atom. The second-order valence-electron chi connectivity index (χ2n) is 5.95. The minimum absolute atomic E-state index is 0.623. The molecular formula is C22H22O. The highest BCUT2D eigenvalue weighted by Crippen LogP contribution is 2.28. The number of aryl methyl sites for hydroxylation is 2. The first kappa shape index (κ1) is 15.5. The average molecular weight is 302 g/mol. The summed E-state index contributed by atoms with van der Waals surface area (Å²) in [5, 5.41) is 0. The van der Waals surface area contributed by atoms with E-state index in [2.05, 4.69) is 68.4 Å². The molecule has 3 aromatic rings. The molecule has 23 heavy (non-hydrogen) atoms. The minimum Gasteiger partial charge on any atom is -0.372 e. The number of rotatable bonds is 5. The lowest BCUT2D eigenvalue weighted by atomic mass is 9.95. The number of hydrogen-bond donors (Lipinski definition) is 0. The third-order valence-electron chi connectivity index (χ3n) is 4.07. The highest BCUT2D eigenvalue weighted by atomic mass is 16.5. The molecule has 0 saturated heterocycles. The lowest BCUT2D eigenvalue weighted by Gasteiger charge is -2.13. The van der Waals surface area contributed by atoms with Gasteiger partial charge in [-0.2, -0.15) is 0 Å². The van der Waals surface area contributed by atoms with Crippen LogP contribution < -0.4 is 0 Å². The van der Waals surface area contributed by atoms with Gasteiger partial charge in [0.1, 0.15) is 0 Å². The van der Waals surface area contributed by atoms with Gasteiger partial charge in [-0.15, -0.1) is 0 Å². The van der Waals surface area contributed by atoms with Crippen LogP contribution >= 0.6 is 0 Å². The highest BCUT2D eigenvalue weighted by Gasteiger charge is 2.08. The predicted molar refractivity (Wildman–Crippen MR) is 96.3 cm³/mol. The smallest absolute Gasteiger partial charge is 0.0727 e. The van der Waals surface area contributed by atoms with Gasteiger partial charge in [0.25, 0.3) is 0 Å². The van der Waals surface area contributed by atoms with Gasteiger partial charge in [0.05, 0.1) is 13.2 Å². The van der Waals surface area contributed by atoms with Gasteiger partial charge in [-0.1, -0.05) is 78.4 Å². The van der Waals surface area contributed by atoms with E-state index in [9.17, 15) is 0 Å². The predicted octanol–water partition coefficient (Wildman–Crippen LogP) is 5.69. The Bertz CT molecular complexity index is 775. The summed E-state index contributed by atoms with van der Waals surface area (Å²) in [6.45, 7) is 5.56. The first-order valence-corrected chi connectivity index (χ1v) is 8.01. The van der Waals surface area contributed by atoms with Crippen LogP contribution in [-0.4, -0.2) is 0 Å². The van der Waals surface area contributed by atoms with Crippen molar-refractivity contribution in [1.29, 1.82) is 0 Å². The molecule has 0 unspecified atom stereocenters. The molecule has 0 amide bonds. The molecule has 116 valence electrons. The first-order chi connectivity index (χ1) is 11.2. The van der Waals surface area contributed by atoms with E-state index in [1.54, 1.807) is 0 Å². The van der Waals surface area contributed by atoms with Crippen molar-refractivity contribution >= 4 is 0 Å². The van der Waals surface area contributed by atoms with Gasteiger partial charge in [0.2, 0.25) is 0 Å². The second kappa shape index (κ2) is 7.26. The Morgan fingerprint density at radius 2 is 1.43 bits per heavy atom. The molecule has 0 heterocycles. The van der Waals surface area contributed by atoms with Crippen LogP contribution in [0.5, 0.6) is 0 Å². The number of hydrogen-bond acceptors (Lipinski definition) is 1. The zero-order valence-corrected chi connectivity index (χ0v) is 13.8. The van der Waals surface area contributed by atoms with Gasteiger partial charge in [0, 0.05) is 0 Å². The Balaban J connectivity index is 1.79. The van der Waals surface area contributed by atoms with Gasteiger partial charge < -0.3 is 4.74 Å². The molecule has 0 atom stereocenters. The summed E-state index contributed by atoms with van der Waals surface area (Å²) >= 11 is 0. The summed E-state index contributed by atoms with van der Waals surface area (Å²) in [6.07, 6.45) is 0. The number of ether oxygens (including phenoxy) is 1. The van der Waals surface area contributed by atoms with Gasteiger partial charge in [-0.25, -0.2) is 0 Å². The Hall–Kier alpha value is -2.38. The molecule has 0 aromatic heterocycles. The van der Waals surface area contributed by atoms with E-state index >= 15 is 0 Å². The quantitative estimate of drug-likeness (QED) is 0.588. The van der Waals surface area contributed by atoms with Gasteiger partial charge >= 0.3 is 0 Å². The maximum atomic E-state index is 5.94. The lowest BCUT2D eigenvalue weighted by molar-refractivity contribution is 0.107. The molecule has 0 saturated carbocycles. The largest absolute Gasteiger partial charge is 0.372 e. The molecule has 3 rings (SSSR count). The van der Waals surface area contributed by atoms with Crippen LogP contribution in [0.25, 0.3) is 11.1 Å².